The topological polar surface area (TPSA) is 84.9 Å². The van der Waals surface area contributed by atoms with Crippen molar-refractivity contribution < 1.29 is 22.7 Å². The molecule has 1 amide bonds. The number of piperidine rings is 1. The van der Waals surface area contributed by atoms with Crippen molar-refractivity contribution in [2.24, 2.45) is 5.92 Å². The quantitative estimate of drug-likeness (QED) is 0.696. The second-order valence-corrected chi connectivity index (χ2v) is 7.93. The van der Waals surface area contributed by atoms with Crippen LogP contribution in [-0.2, 0) is 19.6 Å². The molecule has 1 N–H and O–H groups in total. The minimum absolute atomic E-state index is 0.00222. The molecule has 0 bridgehead atoms. The van der Waals surface area contributed by atoms with E-state index in [-0.39, 0.29) is 16.7 Å². The van der Waals surface area contributed by atoms with Gasteiger partial charge in [0.2, 0.25) is 15.9 Å². The van der Waals surface area contributed by atoms with Crippen LogP contribution in [0.2, 0.25) is 0 Å². The van der Waals surface area contributed by atoms with Gasteiger partial charge in [0.15, 0.2) is 0 Å². The van der Waals surface area contributed by atoms with E-state index in [0.717, 1.165) is 6.42 Å². The molecule has 1 aliphatic heterocycles. The molecule has 1 heterocycles. The van der Waals surface area contributed by atoms with E-state index < -0.39 is 10.0 Å². The summed E-state index contributed by atoms with van der Waals surface area (Å²) in [5.41, 5.74) is 0. The summed E-state index contributed by atoms with van der Waals surface area (Å²) in [4.78, 5) is 12.4. The van der Waals surface area contributed by atoms with Gasteiger partial charge in [-0.25, -0.2) is 8.42 Å². The lowest BCUT2D eigenvalue weighted by Crippen LogP contribution is -2.43. The highest BCUT2D eigenvalue weighted by molar-refractivity contribution is 7.89. The van der Waals surface area contributed by atoms with Crippen LogP contribution in [0.3, 0.4) is 0 Å². The highest BCUT2D eigenvalue weighted by Crippen LogP contribution is 2.25. The summed E-state index contributed by atoms with van der Waals surface area (Å²) in [6.07, 6.45) is 1.84. The lowest BCUT2D eigenvalue weighted by molar-refractivity contribution is -0.126. The molecule has 1 aromatic rings. The standard InChI is InChI=1S/C17H26N2O5S/c1-23-13-3-10-18-17(20)14-8-11-19(12-9-14)25(21,22)16-6-4-15(24-2)5-7-16/h4-7,14H,3,8-13H2,1-2H3,(H,18,20). The van der Waals surface area contributed by atoms with Crippen LogP contribution < -0.4 is 10.1 Å². The van der Waals surface area contributed by atoms with E-state index in [1.54, 1.807) is 31.4 Å². The first-order chi connectivity index (χ1) is 12.0. The van der Waals surface area contributed by atoms with Crippen molar-refractivity contribution in [1.82, 2.24) is 9.62 Å². The minimum atomic E-state index is -3.53. The van der Waals surface area contributed by atoms with Crippen LogP contribution in [-0.4, -0.2) is 59.1 Å². The number of hydrogen-bond acceptors (Lipinski definition) is 5. The smallest absolute Gasteiger partial charge is 0.243 e. The summed E-state index contributed by atoms with van der Waals surface area (Å²) in [7, 11) is -0.369. The second-order valence-electron chi connectivity index (χ2n) is 5.99. The Morgan fingerprint density at radius 3 is 2.40 bits per heavy atom. The number of amides is 1. The molecule has 2 rings (SSSR count). The van der Waals surface area contributed by atoms with Crippen molar-refractivity contribution in [3.8, 4) is 5.75 Å². The summed E-state index contributed by atoms with van der Waals surface area (Å²) in [5, 5.41) is 2.88. The summed E-state index contributed by atoms with van der Waals surface area (Å²) in [6.45, 7) is 1.89. The number of ether oxygens (including phenoxy) is 2. The van der Waals surface area contributed by atoms with Crippen molar-refractivity contribution >= 4 is 15.9 Å². The van der Waals surface area contributed by atoms with Crippen molar-refractivity contribution in [2.45, 2.75) is 24.2 Å². The first-order valence-corrected chi connectivity index (χ1v) is 9.84. The highest BCUT2D eigenvalue weighted by atomic mass is 32.2. The van der Waals surface area contributed by atoms with Gasteiger partial charge in [0, 0.05) is 39.3 Å². The van der Waals surface area contributed by atoms with Crippen LogP contribution in [0.25, 0.3) is 0 Å². The third-order valence-corrected chi connectivity index (χ3v) is 6.26. The molecule has 7 nitrogen and oxygen atoms in total. The molecule has 1 aromatic carbocycles. The molecule has 1 saturated heterocycles. The predicted molar refractivity (Wildman–Crippen MR) is 94.0 cm³/mol. The Balaban J connectivity index is 1.88. The maximum absolute atomic E-state index is 12.7. The molecule has 0 atom stereocenters. The van der Waals surface area contributed by atoms with Crippen LogP contribution in [0.1, 0.15) is 19.3 Å². The average molecular weight is 370 g/mol. The van der Waals surface area contributed by atoms with Crippen LogP contribution in [0.4, 0.5) is 0 Å². The van der Waals surface area contributed by atoms with Crippen LogP contribution in [0, 0.1) is 5.92 Å². The van der Waals surface area contributed by atoms with Gasteiger partial charge < -0.3 is 14.8 Å². The number of nitrogens with one attached hydrogen (secondary N) is 1. The summed E-state index contributed by atoms with van der Waals surface area (Å²) < 4.78 is 36.8. The number of rotatable bonds is 8. The van der Waals surface area contributed by atoms with E-state index in [1.165, 1.54) is 11.4 Å². The highest BCUT2D eigenvalue weighted by Gasteiger charge is 2.31. The normalized spacial score (nSPS) is 16.6. The Labute approximate surface area is 149 Å². The summed E-state index contributed by atoms with van der Waals surface area (Å²) in [6, 6.07) is 6.35. The molecule has 0 saturated carbocycles. The van der Waals surface area contributed by atoms with Gasteiger partial charge in [-0.15, -0.1) is 0 Å². The van der Waals surface area contributed by atoms with E-state index in [0.29, 0.717) is 44.8 Å². The lowest BCUT2D eigenvalue weighted by Gasteiger charge is -2.30. The Bertz CT molecular complexity index is 652. The fourth-order valence-electron chi connectivity index (χ4n) is 2.83. The third kappa shape index (κ3) is 5.17. The molecular weight excluding hydrogens is 344 g/mol. The molecule has 0 radical (unpaired) electrons. The molecule has 0 spiro atoms. The molecule has 1 aliphatic rings. The number of methoxy groups -OCH3 is 2. The van der Waals surface area contributed by atoms with E-state index in [2.05, 4.69) is 5.32 Å². The molecular formula is C17H26N2O5S. The van der Waals surface area contributed by atoms with Gasteiger partial charge in [0.05, 0.1) is 12.0 Å². The SMILES string of the molecule is COCCCNC(=O)C1CCN(S(=O)(=O)c2ccc(OC)cc2)CC1. The van der Waals surface area contributed by atoms with E-state index in [9.17, 15) is 13.2 Å². The number of sulfonamides is 1. The molecule has 1 fully saturated rings. The fourth-order valence-corrected chi connectivity index (χ4v) is 4.30. The number of carbonyl (C=O) groups excluding carboxylic acids is 1. The van der Waals surface area contributed by atoms with Gasteiger partial charge in [0.1, 0.15) is 5.75 Å². The van der Waals surface area contributed by atoms with Crippen molar-refractivity contribution in [3.63, 3.8) is 0 Å². The van der Waals surface area contributed by atoms with Crippen molar-refractivity contribution in [2.75, 3.05) is 40.5 Å². The first-order valence-electron chi connectivity index (χ1n) is 8.40. The fraction of sp³-hybridized carbons (Fsp3) is 0.588. The molecule has 0 unspecified atom stereocenters. The third-order valence-electron chi connectivity index (χ3n) is 4.35. The Morgan fingerprint density at radius 2 is 1.84 bits per heavy atom. The zero-order chi connectivity index (χ0) is 18.3. The predicted octanol–water partition coefficient (Wildman–Crippen LogP) is 1.25. The van der Waals surface area contributed by atoms with Gasteiger partial charge >= 0.3 is 0 Å². The minimum Gasteiger partial charge on any atom is -0.497 e. The maximum atomic E-state index is 12.7. The summed E-state index contributed by atoms with van der Waals surface area (Å²) >= 11 is 0. The molecule has 25 heavy (non-hydrogen) atoms. The Morgan fingerprint density at radius 1 is 1.20 bits per heavy atom. The van der Waals surface area contributed by atoms with Gasteiger partial charge in [0.25, 0.3) is 0 Å². The zero-order valence-electron chi connectivity index (χ0n) is 14.7. The van der Waals surface area contributed by atoms with Crippen LogP contribution >= 0.6 is 0 Å². The van der Waals surface area contributed by atoms with Crippen molar-refractivity contribution in [1.29, 1.82) is 0 Å². The average Bonchev–Trinajstić information content (AvgIpc) is 2.65. The number of hydrogen-bond donors (Lipinski definition) is 1. The Kier molecular flexibility index (Phi) is 7.22. The Hall–Kier alpha value is -1.64. The van der Waals surface area contributed by atoms with E-state index >= 15 is 0 Å². The molecule has 140 valence electrons. The largest absolute Gasteiger partial charge is 0.497 e. The first kappa shape index (κ1) is 19.7. The summed E-state index contributed by atoms with van der Waals surface area (Å²) in [5.74, 6) is 0.477. The number of carbonyl (C=O) groups is 1. The van der Waals surface area contributed by atoms with Gasteiger partial charge in [-0.2, -0.15) is 4.31 Å². The number of nitrogens with zero attached hydrogens (tertiary/aromatic N) is 1. The van der Waals surface area contributed by atoms with Gasteiger partial charge in [-0.1, -0.05) is 0 Å². The maximum Gasteiger partial charge on any atom is 0.243 e. The van der Waals surface area contributed by atoms with Crippen LogP contribution in [0.15, 0.2) is 29.2 Å². The van der Waals surface area contributed by atoms with Gasteiger partial charge in [-0.05, 0) is 43.5 Å². The van der Waals surface area contributed by atoms with E-state index in [1.807, 2.05) is 0 Å². The van der Waals surface area contributed by atoms with Crippen molar-refractivity contribution in [3.05, 3.63) is 24.3 Å². The second kappa shape index (κ2) is 9.17. The molecule has 0 aromatic heterocycles. The number of benzene rings is 1. The van der Waals surface area contributed by atoms with Crippen LogP contribution in [0.5, 0.6) is 5.75 Å². The lowest BCUT2D eigenvalue weighted by atomic mass is 9.97. The monoisotopic (exact) mass is 370 g/mol. The molecule has 0 aliphatic carbocycles. The molecule has 8 heteroatoms. The van der Waals surface area contributed by atoms with E-state index in [4.69, 9.17) is 9.47 Å². The zero-order valence-corrected chi connectivity index (χ0v) is 15.5. The van der Waals surface area contributed by atoms with Gasteiger partial charge in [-0.3, -0.25) is 4.79 Å².